The molecular weight excluding hydrogens is 1000 g/mol. The molecule has 2 aromatic rings. The summed E-state index contributed by atoms with van der Waals surface area (Å²) in [6, 6.07) is 12.8. The van der Waals surface area contributed by atoms with E-state index in [1.165, 1.54) is 18.7 Å². The van der Waals surface area contributed by atoms with E-state index in [-0.39, 0.29) is 82.0 Å². The Hall–Kier alpha value is -5.44. The van der Waals surface area contributed by atoms with E-state index >= 15 is 0 Å². The first-order valence-corrected chi connectivity index (χ1v) is 26.9. The first kappa shape index (κ1) is 61.4. The lowest BCUT2D eigenvalue weighted by Crippen LogP contribution is -2.51. The second-order valence-electron chi connectivity index (χ2n) is 21.0. The molecule has 2 saturated heterocycles. The third-order valence-electron chi connectivity index (χ3n) is 14.2. The summed E-state index contributed by atoms with van der Waals surface area (Å²) in [5.74, 6) is -3.71. The minimum absolute atomic E-state index is 0.00565. The summed E-state index contributed by atoms with van der Waals surface area (Å²) in [4.78, 5) is 99.5. The number of nitrogens with one attached hydrogen (secondary N) is 2. The fraction of sp³-hybridized carbons (Fsp3) is 0.625. The molecule has 2 aromatic carbocycles. The van der Waals surface area contributed by atoms with Gasteiger partial charge in [0.1, 0.15) is 17.9 Å². The molecule has 0 saturated carbocycles. The fourth-order valence-electron chi connectivity index (χ4n) is 8.97. The van der Waals surface area contributed by atoms with Gasteiger partial charge in [-0.1, -0.05) is 82.6 Å². The Morgan fingerprint density at radius 1 is 0.803 bits per heavy atom. The second-order valence-corrected chi connectivity index (χ2v) is 21.4. The minimum atomic E-state index is -1.23. The van der Waals surface area contributed by atoms with E-state index in [2.05, 4.69) is 58.5 Å². The van der Waals surface area contributed by atoms with Crippen LogP contribution >= 0.6 is 11.6 Å². The van der Waals surface area contributed by atoms with Crippen LogP contribution in [-0.4, -0.2) is 161 Å². The maximum Gasteiger partial charge on any atom is 0.347 e. The third-order valence-corrected chi connectivity index (χ3v) is 14.5. The van der Waals surface area contributed by atoms with Gasteiger partial charge in [0.05, 0.1) is 63.6 Å². The van der Waals surface area contributed by atoms with Crippen molar-refractivity contribution in [3.63, 3.8) is 0 Å². The average Bonchev–Trinajstić information content (AvgIpc) is 3.70. The highest BCUT2D eigenvalue weighted by atomic mass is 35.5. The van der Waals surface area contributed by atoms with Crippen LogP contribution in [0.2, 0.25) is 5.02 Å². The predicted molar refractivity (Wildman–Crippen MR) is 283 cm³/mol. The van der Waals surface area contributed by atoms with Gasteiger partial charge in [0.15, 0.2) is 6.10 Å². The lowest BCUT2D eigenvalue weighted by molar-refractivity contribution is -0.198. The standard InChI is InChI=1S/C56H80ClN5O14/c1-37(2)32-48-54(68)74-46(10-9-11-49(63)59-45(34-42-14-17-47(70-8)44(57)33-42)53(67)58-36-56(6,7)55(69)75-48)40(5)38(3)39(4)43-15-12-41(13-16-43)35-61-23-21-60(22-24-61)25-27-72-29-31-73-30-28-71-26-20-52(66)76-62-50(64)18-19-51(62)65/h9,11-17,33,37-40,45-46,48H,10,18-32,34-36H2,1-8H3,(H,58,67)(H,59,63)/b11-9+/t38-,39-,40+,45+,46-,48-/m0/s1. The summed E-state index contributed by atoms with van der Waals surface area (Å²) >= 11 is 6.40. The summed E-state index contributed by atoms with van der Waals surface area (Å²) in [6.45, 7) is 20.9. The number of carbonyl (C=O) groups is 7. The Kier molecular flexibility index (Phi) is 24.6. The number of imide groups is 1. The van der Waals surface area contributed by atoms with Gasteiger partial charge in [-0.3, -0.25) is 33.8 Å². The van der Waals surface area contributed by atoms with Crippen LogP contribution in [0, 0.1) is 23.2 Å². The first-order chi connectivity index (χ1) is 36.2. The first-order valence-electron chi connectivity index (χ1n) is 26.6. The van der Waals surface area contributed by atoms with E-state index in [1.807, 2.05) is 20.8 Å². The van der Waals surface area contributed by atoms with Gasteiger partial charge in [0, 0.05) is 71.5 Å². The van der Waals surface area contributed by atoms with Crippen LogP contribution in [-0.2, 0) is 75.0 Å². The van der Waals surface area contributed by atoms with Crippen molar-refractivity contribution < 1.29 is 66.8 Å². The molecule has 0 aliphatic carbocycles. The van der Waals surface area contributed by atoms with E-state index in [9.17, 15) is 33.6 Å². The van der Waals surface area contributed by atoms with Crippen molar-refractivity contribution in [3.8, 4) is 5.75 Å². The van der Waals surface area contributed by atoms with Crippen LogP contribution in [0.25, 0.3) is 0 Å². The maximum atomic E-state index is 14.0. The number of esters is 2. The number of hydroxylamine groups is 2. The summed E-state index contributed by atoms with van der Waals surface area (Å²) in [7, 11) is 1.51. The monoisotopic (exact) mass is 1080 g/mol. The van der Waals surface area contributed by atoms with Gasteiger partial charge in [-0.2, -0.15) is 0 Å². The zero-order valence-electron chi connectivity index (χ0n) is 45.6. The van der Waals surface area contributed by atoms with Crippen LogP contribution in [0.15, 0.2) is 54.6 Å². The van der Waals surface area contributed by atoms with Crippen molar-refractivity contribution in [1.29, 1.82) is 0 Å². The molecule has 0 radical (unpaired) electrons. The molecule has 2 fully saturated rings. The Bertz CT molecular complexity index is 2270. The lowest BCUT2D eigenvalue weighted by Gasteiger charge is -2.35. The van der Waals surface area contributed by atoms with Crippen molar-refractivity contribution in [2.45, 2.75) is 118 Å². The van der Waals surface area contributed by atoms with Crippen molar-refractivity contribution >= 4 is 53.1 Å². The Morgan fingerprint density at radius 2 is 1.42 bits per heavy atom. The average molecular weight is 1080 g/mol. The molecule has 5 rings (SSSR count). The Morgan fingerprint density at radius 3 is 2.05 bits per heavy atom. The lowest BCUT2D eigenvalue weighted by atomic mass is 9.77. The van der Waals surface area contributed by atoms with Gasteiger partial charge >= 0.3 is 17.9 Å². The van der Waals surface area contributed by atoms with E-state index in [0.717, 1.165) is 44.8 Å². The van der Waals surface area contributed by atoms with Crippen LogP contribution in [0.3, 0.4) is 0 Å². The summed E-state index contributed by atoms with van der Waals surface area (Å²) in [5.41, 5.74) is 1.82. The van der Waals surface area contributed by atoms with Crippen molar-refractivity contribution in [1.82, 2.24) is 25.5 Å². The van der Waals surface area contributed by atoms with Gasteiger partial charge in [0.2, 0.25) is 11.8 Å². The number of cyclic esters (lactones) is 2. The van der Waals surface area contributed by atoms with E-state index in [0.29, 0.717) is 47.8 Å². The molecule has 0 spiro atoms. The molecule has 4 amide bonds. The smallest absolute Gasteiger partial charge is 0.347 e. The van der Waals surface area contributed by atoms with Crippen LogP contribution < -0.4 is 15.4 Å². The molecule has 420 valence electrons. The van der Waals surface area contributed by atoms with Crippen LogP contribution in [0.4, 0.5) is 0 Å². The molecule has 3 aliphatic rings. The number of piperazine rings is 1. The molecule has 20 heteroatoms. The minimum Gasteiger partial charge on any atom is -0.495 e. The molecule has 76 heavy (non-hydrogen) atoms. The number of rotatable bonds is 24. The fourth-order valence-corrected chi connectivity index (χ4v) is 9.25. The molecule has 19 nitrogen and oxygen atoms in total. The number of ether oxygens (including phenoxy) is 6. The largest absolute Gasteiger partial charge is 0.495 e. The third kappa shape index (κ3) is 19.5. The highest BCUT2D eigenvalue weighted by Gasteiger charge is 2.38. The Labute approximate surface area is 452 Å². The number of amides is 4. The van der Waals surface area contributed by atoms with Gasteiger partial charge in [-0.25, -0.2) is 9.59 Å². The molecule has 3 heterocycles. The molecule has 0 aromatic heterocycles. The van der Waals surface area contributed by atoms with Crippen LogP contribution in [0.5, 0.6) is 5.75 Å². The number of benzene rings is 2. The summed E-state index contributed by atoms with van der Waals surface area (Å²) < 4.78 is 34.2. The van der Waals surface area contributed by atoms with E-state index in [1.54, 1.807) is 38.1 Å². The van der Waals surface area contributed by atoms with Gasteiger partial charge in [0.25, 0.3) is 11.8 Å². The molecule has 0 bridgehead atoms. The number of halogens is 1. The molecular formula is C56H80ClN5O14. The summed E-state index contributed by atoms with van der Waals surface area (Å²) in [6.07, 6.45) is 1.73. The normalized spacial score (nSPS) is 22.1. The quantitative estimate of drug-likeness (QED) is 0.0744. The molecule has 3 aliphatic heterocycles. The van der Waals surface area contributed by atoms with E-state index in [4.69, 9.17) is 44.9 Å². The molecule has 2 N–H and O–H groups in total. The zero-order valence-corrected chi connectivity index (χ0v) is 46.4. The van der Waals surface area contributed by atoms with Crippen molar-refractivity contribution in [3.05, 3.63) is 76.3 Å². The molecule has 6 atom stereocenters. The zero-order chi connectivity index (χ0) is 55.4. The number of nitrogens with zero attached hydrogens (tertiary/aromatic N) is 3. The van der Waals surface area contributed by atoms with Crippen molar-refractivity contribution in [2.24, 2.45) is 23.2 Å². The van der Waals surface area contributed by atoms with Crippen LogP contribution in [0.1, 0.15) is 103 Å². The number of methoxy groups -OCH3 is 1. The number of carbonyl (C=O) groups excluding carboxylic acids is 7. The van der Waals surface area contributed by atoms with Gasteiger partial charge < -0.3 is 43.9 Å². The highest BCUT2D eigenvalue weighted by Crippen LogP contribution is 2.35. The highest BCUT2D eigenvalue weighted by molar-refractivity contribution is 6.32. The Balaban J connectivity index is 1.08. The molecule has 0 unspecified atom stereocenters. The predicted octanol–water partition coefficient (Wildman–Crippen LogP) is 5.59. The van der Waals surface area contributed by atoms with Gasteiger partial charge in [-0.15, -0.1) is 5.06 Å². The second kappa shape index (κ2) is 30.5. The SMILES string of the molecule is COc1ccc(C[C@H]2NC(=O)/C=C/C[C@@H]([C@H](C)[C@@H](C)[C@H](C)c3ccc(CN4CCN(CCOCCOCCOCCC(=O)ON5C(=O)CCC5=O)CC4)cc3)OC(=O)[C@H](CC(C)C)OC(=O)C(C)(C)CNC2=O)cc1Cl. The topological polar surface area (TPSA) is 218 Å². The van der Waals surface area contributed by atoms with Gasteiger partial charge in [-0.05, 0) is 78.8 Å². The maximum absolute atomic E-state index is 14.0. The number of hydrogen-bond acceptors (Lipinski definition) is 16. The van der Waals surface area contributed by atoms with Crippen molar-refractivity contribution in [2.75, 3.05) is 86.0 Å². The number of hydrogen-bond donors (Lipinski definition) is 2. The van der Waals surface area contributed by atoms with E-state index < -0.39 is 65.2 Å². The summed E-state index contributed by atoms with van der Waals surface area (Å²) in [5, 5.41) is 6.51.